The average molecular weight is 400 g/mol. The molecule has 8 nitrogen and oxygen atoms in total. The third-order valence-corrected chi connectivity index (χ3v) is 6.05. The molecular formula is C21H28N4O4. The van der Waals surface area contributed by atoms with Gasteiger partial charge in [0.15, 0.2) is 0 Å². The van der Waals surface area contributed by atoms with Crippen LogP contribution in [-0.2, 0) is 16.1 Å². The van der Waals surface area contributed by atoms with Crippen LogP contribution in [0.15, 0.2) is 29.1 Å². The monoisotopic (exact) mass is 400 g/mol. The van der Waals surface area contributed by atoms with E-state index in [1.165, 1.54) is 4.68 Å². The maximum atomic E-state index is 12.6. The van der Waals surface area contributed by atoms with E-state index < -0.39 is 12.0 Å². The summed E-state index contributed by atoms with van der Waals surface area (Å²) < 4.78 is 1.41. The number of hydrogen-bond acceptors (Lipinski definition) is 5. The largest absolute Gasteiger partial charge is 0.480 e. The van der Waals surface area contributed by atoms with Gasteiger partial charge in [0.2, 0.25) is 5.91 Å². The third kappa shape index (κ3) is 4.81. The highest BCUT2D eigenvalue weighted by Gasteiger charge is 2.31. The average Bonchev–Trinajstić information content (AvgIpc) is 2.73. The molecule has 2 atom stereocenters. The number of nitrogens with one attached hydrogen (secondary N) is 1. The number of amides is 1. The second kappa shape index (κ2) is 9.15. The number of hydrogen-bond donors (Lipinski definition) is 2. The van der Waals surface area contributed by atoms with Gasteiger partial charge in [0.05, 0.1) is 5.39 Å². The summed E-state index contributed by atoms with van der Waals surface area (Å²) in [6, 6.07) is 6.30. The van der Waals surface area contributed by atoms with Crippen molar-refractivity contribution in [1.82, 2.24) is 20.3 Å². The molecule has 1 aliphatic carbocycles. The van der Waals surface area contributed by atoms with E-state index in [9.17, 15) is 19.5 Å². The van der Waals surface area contributed by atoms with Crippen LogP contribution in [0.1, 0.15) is 46.0 Å². The molecule has 29 heavy (non-hydrogen) atoms. The quantitative estimate of drug-likeness (QED) is 0.736. The number of fused-ring (bicyclic) bond motifs is 1. The molecule has 1 aliphatic rings. The Morgan fingerprint density at radius 1 is 1.24 bits per heavy atom. The van der Waals surface area contributed by atoms with E-state index in [2.05, 4.69) is 15.6 Å². The van der Waals surface area contributed by atoms with Gasteiger partial charge < -0.3 is 10.4 Å². The second-order valence-corrected chi connectivity index (χ2v) is 8.02. The van der Waals surface area contributed by atoms with Crippen molar-refractivity contribution in [2.75, 3.05) is 0 Å². The highest BCUT2D eigenvalue weighted by atomic mass is 16.4. The Labute approximate surface area is 169 Å². The molecule has 0 saturated heterocycles. The Morgan fingerprint density at radius 3 is 2.59 bits per heavy atom. The second-order valence-electron chi connectivity index (χ2n) is 8.02. The molecule has 1 saturated carbocycles. The zero-order valence-corrected chi connectivity index (χ0v) is 16.9. The molecule has 2 N–H and O–H groups in total. The molecule has 0 spiro atoms. The minimum atomic E-state index is -0.990. The van der Waals surface area contributed by atoms with Crippen molar-refractivity contribution in [2.45, 2.75) is 58.5 Å². The maximum absolute atomic E-state index is 12.6. The molecule has 0 aliphatic heterocycles. The first kappa shape index (κ1) is 21.0. The van der Waals surface area contributed by atoms with Gasteiger partial charge in [-0.25, -0.2) is 9.48 Å². The molecule has 1 aromatic heterocycles. The zero-order valence-electron chi connectivity index (χ0n) is 16.9. The lowest BCUT2D eigenvalue weighted by Crippen LogP contribution is -2.47. The number of benzene rings is 1. The van der Waals surface area contributed by atoms with Crippen molar-refractivity contribution < 1.29 is 14.7 Å². The Morgan fingerprint density at radius 2 is 1.93 bits per heavy atom. The van der Waals surface area contributed by atoms with E-state index in [0.29, 0.717) is 36.7 Å². The van der Waals surface area contributed by atoms with E-state index in [0.717, 1.165) is 12.8 Å². The van der Waals surface area contributed by atoms with Crippen molar-refractivity contribution in [1.29, 1.82) is 0 Å². The highest BCUT2D eigenvalue weighted by Crippen LogP contribution is 2.30. The highest BCUT2D eigenvalue weighted by molar-refractivity contribution is 5.85. The summed E-state index contributed by atoms with van der Waals surface area (Å²) in [5.74, 6) is -1.23. The van der Waals surface area contributed by atoms with Crippen LogP contribution >= 0.6 is 0 Å². The van der Waals surface area contributed by atoms with E-state index in [-0.39, 0.29) is 29.2 Å². The van der Waals surface area contributed by atoms with Crippen LogP contribution in [-0.4, -0.2) is 38.0 Å². The molecule has 3 rings (SSSR count). The number of carbonyl (C=O) groups excluding carboxylic acids is 1. The minimum Gasteiger partial charge on any atom is -0.480 e. The molecule has 1 amide bonds. The zero-order chi connectivity index (χ0) is 21.0. The van der Waals surface area contributed by atoms with Gasteiger partial charge in [-0.3, -0.25) is 9.59 Å². The molecule has 0 radical (unpaired) electrons. The Hall–Kier alpha value is -2.77. The normalized spacial score (nSPS) is 21.4. The molecule has 1 fully saturated rings. The first-order chi connectivity index (χ1) is 13.9. The summed E-state index contributed by atoms with van der Waals surface area (Å²) in [6.07, 6.45) is 3.63. The van der Waals surface area contributed by atoms with Crippen LogP contribution in [0.4, 0.5) is 0 Å². The SMILES string of the molecule is CCC(C)C(NC(=O)C1CCC(Cn2nnc3ccccc3c2=O)CC1)C(=O)O. The lowest BCUT2D eigenvalue weighted by atomic mass is 9.81. The van der Waals surface area contributed by atoms with E-state index in [1.807, 2.05) is 26.0 Å². The van der Waals surface area contributed by atoms with Crippen LogP contribution < -0.4 is 10.9 Å². The molecule has 156 valence electrons. The van der Waals surface area contributed by atoms with Crippen LogP contribution in [0.5, 0.6) is 0 Å². The van der Waals surface area contributed by atoms with Gasteiger partial charge in [-0.15, -0.1) is 5.10 Å². The summed E-state index contributed by atoms with van der Waals surface area (Å²) in [4.78, 5) is 36.6. The van der Waals surface area contributed by atoms with Gasteiger partial charge in [0.1, 0.15) is 11.6 Å². The number of carboxylic acid groups (broad SMARTS) is 1. The fraction of sp³-hybridized carbons (Fsp3) is 0.571. The summed E-state index contributed by atoms with van der Waals surface area (Å²) in [5, 5.41) is 20.8. The molecule has 1 aromatic carbocycles. The summed E-state index contributed by atoms with van der Waals surface area (Å²) >= 11 is 0. The predicted octanol–water partition coefficient (Wildman–Crippen LogP) is 2.21. The minimum absolute atomic E-state index is 0.119. The van der Waals surface area contributed by atoms with E-state index in [1.54, 1.807) is 12.1 Å². The number of nitrogens with zero attached hydrogens (tertiary/aromatic N) is 3. The van der Waals surface area contributed by atoms with Crippen molar-refractivity contribution in [2.24, 2.45) is 17.8 Å². The van der Waals surface area contributed by atoms with Crippen LogP contribution in [0, 0.1) is 17.8 Å². The maximum Gasteiger partial charge on any atom is 0.326 e. The topological polar surface area (TPSA) is 114 Å². The molecule has 1 heterocycles. The summed E-state index contributed by atoms with van der Waals surface area (Å²) in [7, 11) is 0. The Kier molecular flexibility index (Phi) is 6.61. The third-order valence-electron chi connectivity index (χ3n) is 6.05. The van der Waals surface area contributed by atoms with Crippen molar-refractivity contribution in [3.05, 3.63) is 34.6 Å². The summed E-state index contributed by atoms with van der Waals surface area (Å²) in [5.41, 5.74) is 0.441. The first-order valence-corrected chi connectivity index (χ1v) is 10.3. The van der Waals surface area contributed by atoms with Gasteiger partial charge >= 0.3 is 5.97 Å². The summed E-state index contributed by atoms with van der Waals surface area (Å²) in [6.45, 7) is 4.23. The standard InChI is InChI=1S/C21H28N4O4/c1-3-13(2)18(21(28)29)22-19(26)15-10-8-14(9-11-15)12-25-20(27)16-6-4-5-7-17(16)23-24-25/h4-7,13-15,18H,3,8-12H2,1-2H3,(H,22,26)(H,28,29). The van der Waals surface area contributed by atoms with Gasteiger partial charge in [0, 0.05) is 12.5 Å². The smallest absolute Gasteiger partial charge is 0.326 e. The molecule has 8 heteroatoms. The lowest BCUT2D eigenvalue weighted by Gasteiger charge is -2.29. The number of carboxylic acids is 1. The van der Waals surface area contributed by atoms with Gasteiger partial charge in [0.25, 0.3) is 5.56 Å². The van der Waals surface area contributed by atoms with Gasteiger partial charge in [-0.05, 0) is 49.7 Å². The number of carbonyl (C=O) groups is 2. The number of aliphatic carboxylic acids is 1. The molecule has 0 bridgehead atoms. The molecule has 2 unspecified atom stereocenters. The van der Waals surface area contributed by atoms with Crippen LogP contribution in [0.2, 0.25) is 0 Å². The van der Waals surface area contributed by atoms with Gasteiger partial charge in [-0.1, -0.05) is 37.6 Å². The van der Waals surface area contributed by atoms with Crippen LogP contribution in [0.3, 0.4) is 0 Å². The van der Waals surface area contributed by atoms with E-state index >= 15 is 0 Å². The lowest BCUT2D eigenvalue weighted by molar-refractivity contribution is -0.144. The fourth-order valence-electron chi connectivity index (χ4n) is 3.95. The van der Waals surface area contributed by atoms with Crippen molar-refractivity contribution in [3.8, 4) is 0 Å². The fourth-order valence-corrected chi connectivity index (χ4v) is 3.95. The molecule has 2 aromatic rings. The van der Waals surface area contributed by atoms with Crippen LogP contribution in [0.25, 0.3) is 10.9 Å². The molecular weight excluding hydrogens is 372 g/mol. The number of rotatable bonds is 7. The Balaban J connectivity index is 1.58. The first-order valence-electron chi connectivity index (χ1n) is 10.3. The predicted molar refractivity (Wildman–Crippen MR) is 108 cm³/mol. The van der Waals surface area contributed by atoms with Crippen molar-refractivity contribution in [3.63, 3.8) is 0 Å². The van der Waals surface area contributed by atoms with Crippen molar-refractivity contribution >= 4 is 22.8 Å². The number of aromatic nitrogens is 3. The van der Waals surface area contributed by atoms with Gasteiger partial charge in [-0.2, -0.15) is 0 Å². The Bertz CT molecular complexity index is 934. The van der Waals surface area contributed by atoms with E-state index in [4.69, 9.17) is 0 Å².